The molecule has 15 heteroatoms. The van der Waals surface area contributed by atoms with Gasteiger partial charge in [-0.3, -0.25) is 19.2 Å². The molecule has 2 heterocycles. The highest BCUT2D eigenvalue weighted by Gasteiger charge is 2.37. The number of hydrogen-bond acceptors (Lipinski definition) is 10. The van der Waals surface area contributed by atoms with Gasteiger partial charge in [0.25, 0.3) is 5.91 Å². The Labute approximate surface area is 257 Å². The zero-order valence-corrected chi connectivity index (χ0v) is 26.3. The minimum atomic E-state index is -4.60. The first-order chi connectivity index (χ1) is 20.6. The van der Waals surface area contributed by atoms with E-state index in [1.165, 1.54) is 19.4 Å². The van der Waals surface area contributed by atoms with E-state index >= 15 is 0 Å². The van der Waals surface area contributed by atoms with Crippen LogP contribution in [-0.2, 0) is 36.5 Å². The van der Waals surface area contributed by atoms with Crippen molar-refractivity contribution in [2.45, 2.75) is 84.2 Å². The number of hydrogen-bond donors (Lipinski definition) is 1. The van der Waals surface area contributed by atoms with Crippen molar-refractivity contribution in [2.24, 2.45) is 17.8 Å². The quantitative estimate of drug-likeness (QED) is 0.298. The van der Waals surface area contributed by atoms with Crippen LogP contribution in [0.3, 0.4) is 0 Å². The lowest BCUT2D eigenvalue weighted by atomic mass is 9.96. The Kier molecular flexibility index (Phi) is 11.8. The summed E-state index contributed by atoms with van der Waals surface area (Å²) in [6.07, 6.45) is -2.06. The molecule has 1 saturated carbocycles. The third-order valence-electron chi connectivity index (χ3n) is 7.37. The Morgan fingerprint density at radius 2 is 1.75 bits per heavy atom. The van der Waals surface area contributed by atoms with Crippen LogP contribution in [0.4, 0.5) is 13.2 Å². The van der Waals surface area contributed by atoms with Crippen LogP contribution in [0.25, 0.3) is 0 Å². The molecule has 0 saturated heterocycles. The maximum atomic E-state index is 13.3. The van der Waals surface area contributed by atoms with Crippen molar-refractivity contribution in [1.82, 2.24) is 25.2 Å². The predicted molar refractivity (Wildman–Crippen MR) is 153 cm³/mol. The van der Waals surface area contributed by atoms with E-state index in [4.69, 9.17) is 9.47 Å². The topological polar surface area (TPSA) is 141 Å². The third-order valence-corrected chi connectivity index (χ3v) is 8.31. The summed E-state index contributed by atoms with van der Waals surface area (Å²) in [4.78, 5) is 63.9. The van der Waals surface area contributed by atoms with Gasteiger partial charge in [-0.2, -0.15) is 13.2 Å². The minimum Gasteiger partial charge on any atom is -0.469 e. The molecule has 2 aromatic heterocycles. The molecule has 0 aromatic carbocycles. The summed E-state index contributed by atoms with van der Waals surface area (Å²) in [5.74, 6) is -2.16. The summed E-state index contributed by atoms with van der Waals surface area (Å²) < 4.78 is 49.2. The van der Waals surface area contributed by atoms with Crippen LogP contribution in [-0.4, -0.2) is 69.8 Å². The van der Waals surface area contributed by atoms with Crippen LogP contribution in [0, 0.1) is 17.8 Å². The Balaban J connectivity index is 1.79. The zero-order valence-electron chi connectivity index (χ0n) is 25.5. The molecular formula is C29H38F3N5O6S. The van der Waals surface area contributed by atoms with Gasteiger partial charge in [-0.25, -0.2) is 15.0 Å². The van der Waals surface area contributed by atoms with Crippen LogP contribution in [0.2, 0.25) is 0 Å². The molecule has 242 valence electrons. The fraction of sp³-hybridized carbons (Fsp3) is 0.621. The number of carbonyl (C=O) groups is 4. The maximum Gasteiger partial charge on any atom is 0.419 e. The standard InChI is InChI=1S/C29H38F3N5O6S/c1-15(2)22(37(5)27(40)18-7-8-18)11-23(43-17(4)38)26-36-21(14-44-26)25(39)35-20(9-16(3)28(41)42-6)10-24-33-12-19(13-34-24)29(30,31)32/h12-16,18,20,22-23H,7-11H2,1-6H3,(H,35,39)/t16-,20+,22?,23+/m0/s1. The molecular weight excluding hydrogens is 603 g/mol. The van der Waals surface area contributed by atoms with E-state index in [9.17, 15) is 32.3 Å². The highest BCUT2D eigenvalue weighted by molar-refractivity contribution is 7.09. The van der Waals surface area contributed by atoms with Gasteiger partial charge < -0.3 is 19.7 Å². The van der Waals surface area contributed by atoms with E-state index in [0.717, 1.165) is 24.2 Å². The summed E-state index contributed by atoms with van der Waals surface area (Å²) >= 11 is 1.12. The number of nitrogens with one attached hydrogen (secondary N) is 1. The lowest BCUT2D eigenvalue weighted by Crippen LogP contribution is -2.42. The fourth-order valence-electron chi connectivity index (χ4n) is 4.82. The molecule has 4 atom stereocenters. The van der Waals surface area contributed by atoms with Gasteiger partial charge >= 0.3 is 18.1 Å². The van der Waals surface area contributed by atoms with Crippen molar-refractivity contribution >= 4 is 35.1 Å². The van der Waals surface area contributed by atoms with E-state index < -0.39 is 47.6 Å². The lowest BCUT2D eigenvalue weighted by molar-refractivity contribution is -0.149. The lowest BCUT2D eigenvalue weighted by Gasteiger charge is -2.33. The van der Waals surface area contributed by atoms with Gasteiger partial charge in [-0.15, -0.1) is 11.3 Å². The van der Waals surface area contributed by atoms with Gasteiger partial charge in [0.15, 0.2) is 6.10 Å². The van der Waals surface area contributed by atoms with Crippen molar-refractivity contribution < 1.29 is 41.8 Å². The average Bonchev–Trinajstić information content (AvgIpc) is 3.68. The van der Waals surface area contributed by atoms with Gasteiger partial charge in [0.2, 0.25) is 5.91 Å². The first-order valence-corrected chi connectivity index (χ1v) is 15.1. The third kappa shape index (κ3) is 9.69. The number of amides is 2. The first kappa shape index (κ1) is 34.9. The van der Waals surface area contributed by atoms with Gasteiger partial charge in [-0.1, -0.05) is 20.8 Å². The number of rotatable bonds is 14. The normalized spacial score (nSPS) is 16.0. The largest absolute Gasteiger partial charge is 0.469 e. The molecule has 1 N–H and O–H groups in total. The van der Waals surface area contributed by atoms with Crippen LogP contribution in [0.15, 0.2) is 17.8 Å². The maximum absolute atomic E-state index is 13.3. The summed E-state index contributed by atoms with van der Waals surface area (Å²) in [5.41, 5.74) is -0.986. The summed E-state index contributed by atoms with van der Waals surface area (Å²) in [6, 6.07) is -1.00. The second-order valence-corrected chi connectivity index (χ2v) is 12.2. The molecule has 0 bridgehead atoms. The monoisotopic (exact) mass is 641 g/mol. The Bertz CT molecular complexity index is 1320. The van der Waals surface area contributed by atoms with E-state index in [0.29, 0.717) is 17.4 Å². The Hall–Kier alpha value is -3.62. The van der Waals surface area contributed by atoms with Crippen molar-refractivity contribution in [3.63, 3.8) is 0 Å². The van der Waals surface area contributed by atoms with Gasteiger partial charge in [0.1, 0.15) is 16.5 Å². The average molecular weight is 642 g/mol. The molecule has 2 aromatic rings. The number of halogens is 3. The highest BCUT2D eigenvalue weighted by Crippen LogP contribution is 2.35. The van der Waals surface area contributed by atoms with Crippen molar-refractivity contribution in [2.75, 3.05) is 14.2 Å². The van der Waals surface area contributed by atoms with Crippen LogP contribution < -0.4 is 5.32 Å². The van der Waals surface area contributed by atoms with Crippen molar-refractivity contribution in [1.29, 1.82) is 0 Å². The number of esters is 2. The van der Waals surface area contributed by atoms with Gasteiger partial charge in [0, 0.05) is 62.6 Å². The summed E-state index contributed by atoms with van der Waals surface area (Å²) in [7, 11) is 2.97. The zero-order chi connectivity index (χ0) is 32.8. The number of aromatic nitrogens is 3. The molecule has 0 spiro atoms. The molecule has 11 nitrogen and oxygen atoms in total. The number of thiazole rings is 1. The molecule has 0 radical (unpaired) electrons. The van der Waals surface area contributed by atoms with E-state index in [-0.39, 0.29) is 54.6 Å². The molecule has 1 unspecified atom stereocenters. The van der Waals surface area contributed by atoms with Gasteiger partial charge in [0.05, 0.1) is 18.6 Å². The molecule has 1 aliphatic carbocycles. The summed E-state index contributed by atoms with van der Waals surface area (Å²) in [6.45, 7) is 6.82. The fourth-order valence-corrected chi connectivity index (χ4v) is 5.66. The van der Waals surface area contributed by atoms with Crippen LogP contribution in [0.1, 0.15) is 86.4 Å². The van der Waals surface area contributed by atoms with E-state index in [2.05, 4.69) is 20.3 Å². The molecule has 1 aliphatic rings. The molecule has 1 fully saturated rings. The molecule has 44 heavy (non-hydrogen) atoms. The first-order valence-electron chi connectivity index (χ1n) is 14.3. The predicted octanol–water partition coefficient (Wildman–Crippen LogP) is 4.38. The van der Waals surface area contributed by atoms with Crippen molar-refractivity contribution in [3.05, 3.63) is 39.9 Å². The Morgan fingerprint density at radius 3 is 2.27 bits per heavy atom. The minimum absolute atomic E-state index is 0.0198. The molecule has 2 amide bonds. The van der Waals surface area contributed by atoms with Crippen molar-refractivity contribution in [3.8, 4) is 0 Å². The smallest absolute Gasteiger partial charge is 0.419 e. The number of nitrogens with zero attached hydrogens (tertiary/aromatic N) is 4. The second kappa shape index (κ2) is 14.9. The second-order valence-electron chi connectivity index (χ2n) is 11.4. The van der Waals surface area contributed by atoms with Crippen LogP contribution in [0.5, 0.6) is 0 Å². The van der Waals surface area contributed by atoms with E-state index in [1.807, 2.05) is 13.8 Å². The van der Waals surface area contributed by atoms with Crippen LogP contribution >= 0.6 is 11.3 Å². The summed E-state index contributed by atoms with van der Waals surface area (Å²) in [5, 5.41) is 4.65. The molecule has 3 rings (SSSR count). The SMILES string of the molecule is COC(=O)[C@@H](C)C[C@H](Cc1ncc(C(F)(F)F)cn1)NC(=O)c1csc([C@@H](CC(C(C)C)N(C)C(=O)C2CC2)OC(C)=O)n1. The van der Waals surface area contributed by atoms with E-state index in [1.54, 1.807) is 18.9 Å². The number of carbonyl (C=O) groups excluding carboxylic acids is 4. The van der Waals surface area contributed by atoms with Gasteiger partial charge in [-0.05, 0) is 25.2 Å². The number of alkyl halides is 3. The highest BCUT2D eigenvalue weighted by atomic mass is 32.1. The number of ether oxygens (including phenoxy) is 2. The molecule has 0 aliphatic heterocycles. The number of methoxy groups -OCH3 is 1. The Morgan fingerprint density at radius 1 is 1.11 bits per heavy atom.